The third-order valence-corrected chi connectivity index (χ3v) is 2.42. The molecule has 1 aromatic heterocycles. The Morgan fingerprint density at radius 2 is 2.07 bits per heavy atom. The summed E-state index contributed by atoms with van der Waals surface area (Å²) < 4.78 is 2.48. The second-order valence-electron chi connectivity index (χ2n) is 2.99. The van der Waals surface area contributed by atoms with Gasteiger partial charge in [-0.2, -0.15) is 5.10 Å². The number of nitrogens with zero attached hydrogens (tertiary/aromatic N) is 2. The lowest BCUT2D eigenvalue weighted by molar-refractivity contribution is 0.476. The summed E-state index contributed by atoms with van der Waals surface area (Å²) in [6, 6.07) is 9.07. The number of aromatic nitrogens is 2. The van der Waals surface area contributed by atoms with Gasteiger partial charge in [0, 0.05) is 12.6 Å². The van der Waals surface area contributed by atoms with Crippen LogP contribution in [-0.2, 0) is 7.05 Å². The number of rotatable bonds is 1. The summed E-state index contributed by atoms with van der Waals surface area (Å²) in [5, 5.41) is 13.8. The molecule has 3 nitrogen and oxygen atoms in total. The van der Waals surface area contributed by atoms with Gasteiger partial charge < -0.3 is 5.11 Å². The van der Waals surface area contributed by atoms with Gasteiger partial charge in [0.2, 0.25) is 0 Å². The Morgan fingerprint density at radius 1 is 1.36 bits per heavy atom. The monoisotopic (exact) mass is 252 g/mol. The molecule has 1 N–H and O–H groups in total. The number of para-hydroxylation sites is 1. The van der Waals surface area contributed by atoms with Crippen molar-refractivity contribution in [1.29, 1.82) is 0 Å². The molecular weight excluding hydrogens is 244 g/mol. The average molecular weight is 253 g/mol. The van der Waals surface area contributed by atoms with E-state index in [2.05, 4.69) is 21.0 Å². The Hall–Kier alpha value is -1.29. The topological polar surface area (TPSA) is 38.0 Å². The van der Waals surface area contributed by atoms with Gasteiger partial charge in [-0.05, 0) is 34.1 Å². The summed E-state index contributed by atoms with van der Waals surface area (Å²) in [5.74, 6) is 0.267. The molecule has 1 heterocycles. The quantitative estimate of drug-likeness (QED) is 0.848. The van der Waals surface area contributed by atoms with Crippen LogP contribution in [0.4, 0.5) is 0 Å². The van der Waals surface area contributed by atoms with Crippen molar-refractivity contribution in [2.75, 3.05) is 0 Å². The number of benzene rings is 1. The molecule has 2 rings (SSSR count). The van der Waals surface area contributed by atoms with E-state index < -0.39 is 0 Å². The number of halogens is 1. The normalized spacial score (nSPS) is 10.4. The van der Waals surface area contributed by atoms with Gasteiger partial charge in [0.05, 0.1) is 5.69 Å². The van der Waals surface area contributed by atoms with E-state index in [1.807, 2.05) is 25.2 Å². The second-order valence-corrected chi connectivity index (χ2v) is 3.81. The van der Waals surface area contributed by atoms with E-state index in [0.29, 0.717) is 0 Å². The maximum absolute atomic E-state index is 9.64. The second kappa shape index (κ2) is 3.46. The molecule has 0 saturated carbocycles. The van der Waals surface area contributed by atoms with E-state index in [9.17, 15) is 5.11 Å². The van der Waals surface area contributed by atoms with E-state index in [0.717, 1.165) is 15.9 Å². The van der Waals surface area contributed by atoms with Gasteiger partial charge in [-0.3, -0.25) is 4.68 Å². The van der Waals surface area contributed by atoms with Crippen LogP contribution in [0.25, 0.3) is 11.3 Å². The Balaban J connectivity index is 2.60. The van der Waals surface area contributed by atoms with Crippen LogP contribution in [0.1, 0.15) is 0 Å². The summed E-state index contributed by atoms with van der Waals surface area (Å²) in [6.07, 6.45) is 0. The molecule has 0 atom stereocenters. The lowest BCUT2D eigenvalue weighted by Gasteiger charge is -2.03. The van der Waals surface area contributed by atoms with E-state index in [4.69, 9.17) is 0 Å². The smallest absolute Gasteiger partial charge is 0.128 e. The van der Waals surface area contributed by atoms with Crippen LogP contribution in [0.15, 0.2) is 34.9 Å². The Kier molecular flexibility index (Phi) is 2.29. The van der Waals surface area contributed by atoms with Crippen LogP contribution in [0.5, 0.6) is 5.75 Å². The molecule has 0 saturated heterocycles. The Bertz CT molecular complexity index is 465. The highest BCUT2D eigenvalue weighted by molar-refractivity contribution is 9.10. The van der Waals surface area contributed by atoms with Gasteiger partial charge >= 0.3 is 0 Å². The molecule has 0 bridgehead atoms. The third-order valence-electron chi connectivity index (χ3n) is 2.03. The number of aryl methyl sites for hydroxylation is 1. The summed E-state index contributed by atoms with van der Waals surface area (Å²) in [5.41, 5.74) is 1.67. The van der Waals surface area contributed by atoms with Crippen LogP contribution in [-0.4, -0.2) is 14.9 Å². The van der Waals surface area contributed by atoms with Crippen LogP contribution in [0.3, 0.4) is 0 Å². The predicted molar refractivity (Wildman–Crippen MR) is 58.0 cm³/mol. The molecule has 0 aliphatic heterocycles. The van der Waals surface area contributed by atoms with Crippen LogP contribution < -0.4 is 0 Å². The highest BCUT2D eigenvalue weighted by Gasteiger charge is 2.08. The fourth-order valence-electron chi connectivity index (χ4n) is 1.37. The van der Waals surface area contributed by atoms with Crippen LogP contribution in [0, 0.1) is 0 Å². The number of aromatic hydroxyl groups is 1. The van der Waals surface area contributed by atoms with Crippen molar-refractivity contribution in [2.45, 2.75) is 0 Å². The Morgan fingerprint density at radius 3 is 2.64 bits per heavy atom. The van der Waals surface area contributed by atoms with Gasteiger partial charge in [0.1, 0.15) is 10.4 Å². The number of hydrogen-bond acceptors (Lipinski definition) is 2. The zero-order valence-corrected chi connectivity index (χ0v) is 9.19. The fraction of sp³-hybridized carbons (Fsp3) is 0.100. The van der Waals surface area contributed by atoms with Crippen molar-refractivity contribution in [3.05, 3.63) is 34.9 Å². The molecule has 72 valence electrons. The van der Waals surface area contributed by atoms with Gasteiger partial charge in [-0.25, -0.2) is 0 Å². The van der Waals surface area contributed by atoms with Gasteiger partial charge in [0.25, 0.3) is 0 Å². The van der Waals surface area contributed by atoms with E-state index in [-0.39, 0.29) is 5.75 Å². The molecule has 1 aromatic carbocycles. The van der Waals surface area contributed by atoms with E-state index in [1.165, 1.54) is 0 Å². The van der Waals surface area contributed by atoms with Crippen molar-refractivity contribution in [2.24, 2.45) is 7.05 Å². The average Bonchev–Trinajstić information content (AvgIpc) is 2.46. The zero-order valence-electron chi connectivity index (χ0n) is 7.61. The predicted octanol–water partition coefficient (Wildman–Crippen LogP) is 2.56. The van der Waals surface area contributed by atoms with Gasteiger partial charge in [-0.1, -0.05) is 12.1 Å². The highest BCUT2D eigenvalue weighted by atomic mass is 79.9. The SMILES string of the molecule is Cn1nc(Br)cc1-c1ccccc1O. The lowest BCUT2D eigenvalue weighted by atomic mass is 10.1. The fourth-order valence-corrected chi connectivity index (χ4v) is 1.83. The van der Waals surface area contributed by atoms with Crippen molar-refractivity contribution in [1.82, 2.24) is 9.78 Å². The van der Waals surface area contributed by atoms with Crippen molar-refractivity contribution >= 4 is 15.9 Å². The molecule has 0 radical (unpaired) electrons. The maximum atomic E-state index is 9.64. The highest BCUT2D eigenvalue weighted by Crippen LogP contribution is 2.29. The summed E-state index contributed by atoms with van der Waals surface area (Å²) in [6.45, 7) is 0. The van der Waals surface area contributed by atoms with Gasteiger partial charge in [-0.15, -0.1) is 0 Å². The molecular formula is C10H9BrN2O. The molecule has 0 unspecified atom stereocenters. The summed E-state index contributed by atoms with van der Waals surface area (Å²) in [7, 11) is 1.84. The van der Waals surface area contributed by atoms with Gasteiger partial charge in [0.15, 0.2) is 0 Å². The van der Waals surface area contributed by atoms with Crippen LogP contribution in [0.2, 0.25) is 0 Å². The lowest BCUT2D eigenvalue weighted by Crippen LogP contribution is -1.93. The molecule has 0 aliphatic carbocycles. The molecule has 0 spiro atoms. The third kappa shape index (κ3) is 1.53. The Labute approximate surface area is 90.1 Å². The van der Waals surface area contributed by atoms with E-state index >= 15 is 0 Å². The molecule has 4 heteroatoms. The summed E-state index contributed by atoms with van der Waals surface area (Å²) >= 11 is 3.29. The molecule has 2 aromatic rings. The van der Waals surface area contributed by atoms with E-state index in [1.54, 1.807) is 16.8 Å². The largest absolute Gasteiger partial charge is 0.507 e. The minimum Gasteiger partial charge on any atom is -0.507 e. The number of hydrogen-bond donors (Lipinski definition) is 1. The minimum absolute atomic E-state index is 0.267. The summed E-state index contributed by atoms with van der Waals surface area (Å²) in [4.78, 5) is 0. The van der Waals surface area contributed by atoms with Crippen molar-refractivity contribution in [3.8, 4) is 17.0 Å². The first-order valence-corrected chi connectivity index (χ1v) is 4.95. The standard InChI is InChI=1S/C10H9BrN2O/c1-13-8(6-10(11)12-13)7-4-2-3-5-9(7)14/h2-6,14H,1H3. The molecule has 14 heavy (non-hydrogen) atoms. The molecule has 0 fully saturated rings. The first kappa shape index (κ1) is 9.27. The number of phenols is 1. The number of phenolic OH excluding ortho intramolecular Hbond substituents is 1. The molecule has 0 amide bonds. The zero-order chi connectivity index (χ0) is 10.1. The van der Waals surface area contributed by atoms with Crippen LogP contribution >= 0.6 is 15.9 Å². The van der Waals surface area contributed by atoms with Crippen molar-refractivity contribution in [3.63, 3.8) is 0 Å². The maximum Gasteiger partial charge on any atom is 0.128 e. The van der Waals surface area contributed by atoms with Crippen molar-refractivity contribution < 1.29 is 5.11 Å². The first-order chi connectivity index (χ1) is 6.68. The first-order valence-electron chi connectivity index (χ1n) is 4.16. The molecule has 0 aliphatic rings. The minimum atomic E-state index is 0.267.